The molecule has 0 amide bonds. The molecule has 0 aliphatic heterocycles. The Hall–Kier alpha value is -1.37. The van der Waals surface area contributed by atoms with Crippen LogP contribution in [0.4, 0.5) is 0 Å². The summed E-state index contributed by atoms with van der Waals surface area (Å²) in [4.78, 5) is 0. The first-order valence-electron chi connectivity index (χ1n) is 3.94. The van der Waals surface area contributed by atoms with Crippen LogP contribution in [0.5, 0.6) is 0 Å². The summed E-state index contributed by atoms with van der Waals surface area (Å²) >= 11 is 0. The lowest BCUT2D eigenvalue weighted by molar-refractivity contribution is 1.16. The summed E-state index contributed by atoms with van der Waals surface area (Å²) in [6.07, 6.45) is 9.58. The highest BCUT2D eigenvalue weighted by Crippen LogP contribution is 1.97. The Kier molecular flexibility index (Phi) is 5.62. The van der Waals surface area contributed by atoms with Crippen LogP contribution in [0.1, 0.15) is 13.3 Å². The van der Waals surface area contributed by atoms with E-state index < -0.39 is 0 Å². The zero-order valence-electron chi connectivity index (χ0n) is 7.51. The Morgan fingerprint density at radius 3 is 2.50 bits per heavy atom. The molecular weight excluding hydrogens is 146 g/mol. The summed E-state index contributed by atoms with van der Waals surface area (Å²) in [6, 6.07) is 0. The van der Waals surface area contributed by atoms with Crippen LogP contribution in [0, 0.1) is 5.41 Å². The summed E-state index contributed by atoms with van der Waals surface area (Å²) < 4.78 is 0. The van der Waals surface area contributed by atoms with Gasteiger partial charge in [0.1, 0.15) is 0 Å². The van der Waals surface area contributed by atoms with E-state index in [1.807, 2.05) is 13.0 Å². The fourth-order valence-corrected chi connectivity index (χ4v) is 0.553. The summed E-state index contributed by atoms with van der Waals surface area (Å²) in [7, 11) is 0. The maximum Gasteiger partial charge on any atom is 0.0539 e. The van der Waals surface area contributed by atoms with Crippen LogP contribution in [-0.4, -0.2) is 5.71 Å². The van der Waals surface area contributed by atoms with E-state index in [9.17, 15) is 0 Å². The van der Waals surface area contributed by atoms with Crippen molar-refractivity contribution in [1.82, 2.24) is 0 Å². The molecule has 0 aromatic carbocycles. The molecule has 1 nitrogen and oxygen atoms in total. The number of nitrogens with one attached hydrogen (secondary N) is 1. The van der Waals surface area contributed by atoms with E-state index >= 15 is 0 Å². The van der Waals surface area contributed by atoms with Crippen LogP contribution in [0.2, 0.25) is 0 Å². The normalized spacial score (nSPS) is 10.8. The van der Waals surface area contributed by atoms with Crippen molar-refractivity contribution in [2.75, 3.05) is 0 Å². The zero-order valence-corrected chi connectivity index (χ0v) is 7.51. The highest BCUT2D eigenvalue weighted by atomic mass is 14.4. The van der Waals surface area contributed by atoms with Crippen LogP contribution >= 0.6 is 0 Å². The molecule has 64 valence electrons. The van der Waals surface area contributed by atoms with Crippen molar-refractivity contribution in [3.63, 3.8) is 0 Å². The molecular formula is C11H15N. The Balaban J connectivity index is 3.99. The van der Waals surface area contributed by atoms with Gasteiger partial charge in [0.15, 0.2) is 0 Å². The average Bonchev–Trinajstić information content (AvgIpc) is 2.10. The number of hydrogen-bond donors (Lipinski definition) is 1. The minimum absolute atomic E-state index is 0.463. The SMILES string of the molecule is C=C/C=C\C(=N)/C=C/C(=C)CC. The molecule has 0 aromatic heterocycles. The lowest BCUT2D eigenvalue weighted by Gasteiger charge is -1.90. The van der Waals surface area contributed by atoms with Gasteiger partial charge in [0, 0.05) is 0 Å². The molecule has 0 aliphatic carbocycles. The second-order valence-corrected chi connectivity index (χ2v) is 2.40. The minimum Gasteiger partial charge on any atom is -0.301 e. The number of allylic oxidation sites excluding steroid dienone is 6. The van der Waals surface area contributed by atoms with E-state index in [-0.39, 0.29) is 0 Å². The highest BCUT2D eigenvalue weighted by molar-refractivity contribution is 6.01. The monoisotopic (exact) mass is 161 g/mol. The maximum absolute atomic E-state index is 7.40. The van der Waals surface area contributed by atoms with Gasteiger partial charge in [0.25, 0.3) is 0 Å². The predicted molar refractivity (Wildman–Crippen MR) is 55.6 cm³/mol. The van der Waals surface area contributed by atoms with Gasteiger partial charge in [-0.3, -0.25) is 0 Å². The Morgan fingerprint density at radius 1 is 1.33 bits per heavy atom. The van der Waals surface area contributed by atoms with Gasteiger partial charge >= 0.3 is 0 Å². The molecule has 0 atom stereocenters. The first-order chi connectivity index (χ1) is 5.70. The third-order valence-electron chi connectivity index (χ3n) is 1.36. The molecule has 1 N–H and O–H groups in total. The molecule has 0 saturated heterocycles. The fourth-order valence-electron chi connectivity index (χ4n) is 0.553. The Labute approximate surface area is 74.3 Å². The van der Waals surface area contributed by atoms with Crippen molar-refractivity contribution in [2.45, 2.75) is 13.3 Å². The van der Waals surface area contributed by atoms with Crippen molar-refractivity contribution < 1.29 is 0 Å². The van der Waals surface area contributed by atoms with Crippen LogP contribution in [0.25, 0.3) is 0 Å². The van der Waals surface area contributed by atoms with E-state index in [0.717, 1.165) is 12.0 Å². The van der Waals surface area contributed by atoms with Gasteiger partial charge in [-0.15, -0.1) is 0 Å². The summed E-state index contributed by atoms with van der Waals surface area (Å²) in [5.74, 6) is 0. The van der Waals surface area contributed by atoms with Gasteiger partial charge in [-0.2, -0.15) is 0 Å². The van der Waals surface area contributed by atoms with Gasteiger partial charge in [-0.25, -0.2) is 0 Å². The van der Waals surface area contributed by atoms with E-state index in [1.54, 1.807) is 24.3 Å². The molecule has 0 saturated carbocycles. The Morgan fingerprint density at radius 2 is 2.00 bits per heavy atom. The third-order valence-corrected chi connectivity index (χ3v) is 1.36. The molecule has 0 aliphatic rings. The molecule has 0 bridgehead atoms. The van der Waals surface area contributed by atoms with Gasteiger partial charge < -0.3 is 5.41 Å². The van der Waals surface area contributed by atoms with Crippen molar-refractivity contribution in [3.05, 3.63) is 49.1 Å². The van der Waals surface area contributed by atoms with Crippen LogP contribution in [0.3, 0.4) is 0 Å². The van der Waals surface area contributed by atoms with Crippen LogP contribution < -0.4 is 0 Å². The molecule has 0 spiro atoms. The lowest BCUT2D eigenvalue weighted by Crippen LogP contribution is -1.82. The number of hydrogen-bond acceptors (Lipinski definition) is 1. The van der Waals surface area contributed by atoms with E-state index in [1.165, 1.54) is 0 Å². The zero-order chi connectivity index (χ0) is 9.40. The van der Waals surface area contributed by atoms with Gasteiger partial charge in [0.05, 0.1) is 5.71 Å². The van der Waals surface area contributed by atoms with Crippen LogP contribution in [-0.2, 0) is 0 Å². The van der Waals surface area contributed by atoms with Crippen molar-refractivity contribution >= 4 is 5.71 Å². The first kappa shape index (κ1) is 10.6. The van der Waals surface area contributed by atoms with Gasteiger partial charge in [-0.1, -0.05) is 43.9 Å². The van der Waals surface area contributed by atoms with Crippen molar-refractivity contribution in [2.24, 2.45) is 0 Å². The first-order valence-corrected chi connectivity index (χ1v) is 3.94. The second kappa shape index (κ2) is 6.35. The largest absolute Gasteiger partial charge is 0.301 e. The maximum atomic E-state index is 7.40. The van der Waals surface area contributed by atoms with Crippen molar-refractivity contribution in [1.29, 1.82) is 5.41 Å². The van der Waals surface area contributed by atoms with E-state index in [4.69, 9.17) is 5.41 Å². The molecule has 0 aromatic rings. The highest BCUT2D eigenvalue weighted by Gasteiger charge is 1.83. The van der Waals surface area contributed by atoms with Crippen molar-refractivity contribution in [3.8, 4) is 0 Å². The molecule has 1 heteroatoms. The quantitative estimate of drug-likeness (QED) is 0.472. The molecule has 12 heavy (non-hydrogen) atoms. The van der Waals surface area contributed by atoms with Crippen LogP contribution in [0.15, 0.2) is 49.1 Å². The second-order valence-electron chi connectivity index (χ2n) is 2.40. The third kappa shape index (κ3) is 5.42. The minimum atomic E-state index is 0.463. The van der Waals surface area contributed by atoms with E-state index in [0.29, 0.717) is 5.71 Å². The number of rotatable bonds is 5. The topological polar surface area (TPSA) is 23.9 Å². The Bertz CT molecular complexity index is 231. The smallest absolute Gasteiger partial charge is 0.0539 e. The lowest BCUT2D eigenvalue weighted by atomic mass is 10.2. The van der Waals surface area contributed by atoms with Gasteiger partial charge in [-0.05, 0) is 18.6 Å². The van der Waals surface area contributed by atoms with Gasteiger partial charge in [0.2, 0.25) is 0 Å². The summed E-state index contributed by atoms with van der Waals surface area (Å²) in [5.41, 5.74) is 1.50. The summed E-state index contributed by atoms with van der Waals surface area (Å²) in [5, 5.41) is 7.40. The molecule has 0 fully saturated rings. The summed E-state index contributed by atoms with van der Waals surface area (Å²) in [6.45, 7) is 9.35. The predicted octanol–water partition coefficient (Wildman–Crippen LogP) is 3.27. The average molecular weight is 161 g/mol. The molecule has 0 unspecified atom stereocenters. The fraction of sp³-hybridized carbons (Fsp3) is 0.182. The molecule has 0 heterocycles. The standard InChI is InChI=1S/C11H15N/c1-4-6-7-11(12)9-8-10(3)5-2/h4,6-9,12H,1,3,5H2,2H3/b7-6-,9-8+,12-11?. The van der Waals surface area contributed by atoms with E-state index in [2.05, 4.69) is 13.2 Å². The molecule has 0 rings (SSSR count). The molecule has 0 radical (unpaired) electrons.